The van der Waals surface area contributed by atoms with Gasteiger partial charge in [-0.1, -0.05) is 39.5 Å². The average molecular weight is 340 g/mol. The van der Waals surface area contributed by atoms with Crippen LogP contribution in [0.2, 0.25) is 0 Å². The summed E-state index contributed by atoms with van der Waals surface area (Å²) in [6.45, 7) is 9.02. The van der Waals surface area contributed by atoms with E-state index in [9.17, 15) is 5.26 Å². The lowest BCUT2D eigenvalue weighted by molar-refractivity contribution is 0.452. The fourth-order valence-electron chi connectivity index (χ4n) is 2.57. The zero-order chi connectivity index (χ0) is 17.5. The van der Waals surface area contributed by atoms with Gasteiger partial charge >= 0.3 is 0 Å². The monoisotopic (exact) mass is 340 g/mol. The van der Waals surface area contributed by atoms with Crippen LogP contribution in [-0.4, -0.2) is 25.3 Å². The van der Waals surface area contributed by atoms with Crippen LogP contribution in [0.15, 0.2) is 17.6 Å². The van der Waals surface area contributed by atoms with Gasteiger partial charge in [0.15, 0.2) is 5.16 Å². The number of hydrogen-bond acceptors (Lipinski definition) is 6. The Morgan fingerprint density at radius 2 is 2.00 bits per heavy atom. The van der Waals surface area contributed by atoms with E-state index < -0.39 is 0 Å². The van der Waals surface area contributed by atoms with Gasteiger partial charge in [-0.15, -0.1) is 0 Å². The van der Waals surface area contributed by atoms with Gasteiger partial charge < -0.3 is 4.57 Å². The first-order valence-corrected chi connectivity index (χ1v) is 8.85. The Kier molecular flexibility index (Phi) is 4.18. The molecule has 2 aromatic rings. The highest BCUT2D eigenvalue weighted by molar-refractivity contribution is 7.99. The van der Waals surface area contributed by atoms with Crippen LogP contribution in [-0.2, 0) is 12.0 Å². The Labute approximate surface area is 145 Å². The second-order valence-corrected chi connectivity index (χ2v) is 8.14. The number of thioether (sulfide) groups is 1. The lowest BCUT2D eigenvalue weighted by atomic mass is 9.95. The highest BCUT2D eigenvalue weighted by atomic mass is 32.2. The van der Waals surface area contributed by atoms with E-state index in [4.69, 9.17) is 5.41 Å². The highest BCUT2D eigenvalue weighted by Gasteiger charge is 2.23. The molecule has 24 heavy (non-hydrogen) atoms. The number of nitrogens with zero attached hydrogens (tertiary/aromatic N) is 5. The molecule has 7 heteroatoms. The maximum Gasteiger partial charge on any atom is 0.170 e. The molecule has 0 saturated heterocycles. The maximum atomic E-state index is 9.54. The number of nitriles is 1. The Bertz CT molecular complexity index is 870. The molecule has 6 nitrogen and oxygen atoms in total. The van der Waals surface area contributed by atoms with Gasteiger partial charge in [-0.25, -0.2) is 15.0 Å². The van der Waals surface area contributed by atoms with Crippen molar-refractivity contribution in [2.45, 2.75) is 44.8 Å². The molecule has 3 rings (SSSR count). The summed E-state index contributed by atoms with van der Waals surface area (Å²) in [6, 6.07) is 2.14. The van der Waals surface area contributed by atoms with Crippen LogP contribution in [0.4, 0.5) is 0 Å². The minimum atomic E-state index is -0.137. The smallest absolute Gasteiger partial charge is 0.170 e. The number of aromatic nitrogens is 4. The molecule has 0 spiro atoms. The second kappa shape index (κ2) is 6.02. The van der Waals surface area contributed by atoms with Gasteiger partial charge in [0, 0.05) is 35.7 Å². The van der Waals surface area contributed by atoms with Crippen molar-refractivity contribution in [3.63, 3.8) is 0 Å². The van der Waals surface area contributed by atoms with Crippen LogP contribution in [0.5, 0.6) is 0 Å². The summed E-state index contributed by atoms with van der Waals surface area (Å²) < 4.78 is 1.82. The molecule has 0 aromatic carbocycles. The number of rotatable bonds is 1. The van der Waals surface area contributed by atoms with Crippen molar-refractivity contribution in [1.29, 1.82) is 10.7 Å². The van der Waals surface area contributed by atoms with Crippen molar-refractivity contribution in [3.8, 4) is 17.3 Å². The van der Waals surface area contributed by atoms with Crippen LogP contribution in [0.1, 0.15) is 39.1 Å². The van der Waals surface area contributed by atoms with Crippen molar-refractivity contribution in [3.05, 3.63) is 29.3 Å². The van der Waals surface area contributed by atoms with Crippen molar-refractivity contribution in [2.75, 3.05) is 5.75 Å². The first-order valence-electron chi connectivity index (χ1n) is 7.86. The van der Waals surface area contributed by atoms with Gasteiger partial charge in [-0.05, 0) is 5.92 Å². The summed E-state index contributed by atoms with van der Waals surface area (Å²) in [6.07, 6.45) is 3.40. The Balaban J connectivity index is 2.14. The van der Waals surface area contributed by atoms with Crippen molar-refractivity contribution >= 4 is 11.8 Å². The van der Waals surface area contributed by atoms with Gasteiger partial charge in [0.2, 0.25) is 0 Å². The normalized spacial score (nSPS) is 17.2. The Hall–Kier alpha value is -2.20. The third-order valence-corrected chi connectivity index (χ3v) is 5.19. The van der Waals surface area contributed by atoms with Crippen LogP contribution >= 0.6 is 11.8 Å². The summed E-state index contributed by atoms with van der Waals surface area (Å²) in [5, 5.41) is 18.7. The van der Waals surface area contributed by atoms with Crippen LogP contribution < -0.4 is 5.49 Å². The molecule has 0 amide bonds. The van der Waals surface area contributed by atoms with E-state index in [0.717, 1.165) is 23.3 Å². The molecule has 1 aliphatic rings. The third-order valence-electron chi connectivity index (χ3n) is 3.88. The third kappa shape index (κ3) is 2.94. The first kappa shape index (κ1) is 16.7. The molecule has 0 bridgehead atoms. The topological polar surface area (TPSA) is 91.2 Å². The summed E-state index contributed by atoms with van der Waals surface area (Å²) in [5.41, 5.74) is 1.53. The largest absolute Gasteiger partial charge is 0.304 e. The van der Waals surface area contributed by atoms with Crippen LogP contribution in [0.3, 0.4) is 0 Å². The molecule has 0 radical (unpaired) electrons. The van der Waals surface area contributed by atoms with E-state index in [0.29, 0.717) is 17.2 Å². The van der Waals surface area contributed by atoms with Crippen molar-refractivity contribution < 1.29 is 0 Å². The quantitative estimate of drug-likeness (QED) is 0.806. The zero-order valence-corrected chi connectivity index (χ0v) is 15.1. The Morgan fingerprint density at radius 3 is 2.58 bits per heavy atom. The first-order chi connectivity index (χ1) is 11.3. The van der Waals surface area contributed by atoms with Gasteiger partial charge in [-0.3, -0.25) is 5.41 Å². The summed E-state index contributed by atoms with van der Waals surface area (Å²) in [5.74, 6) is 2.17. The molecule has 1 unspecified atom stereocenters. The predicted molar refractivity (Wildman–Crippen MR) is 92.4 cm³/mol. The maximum absolute atomic E-state index is 9.54. The van der Waals surface area contributed by atoms with E-state index in [1.54, 1.807) is 24.2 Å². The molecule has 1 atom stereocenters. The van der Waals surface area contributed by atoms with E-state index in [1.807, 2.05) is 4.57 Å². The predicted octanol–water partition coefficient (Wildman–Crippen LogP) is 2.73. The molecule has 0 saturated carbocycles. The van der Waals surface area contributed by atoms with Gasteiger partial charge in [-0.2, -0.15) is 5.26 Å². The standard InChI is InChI=1S/C17H20N6S/c1-10-8-23-14(19)12(5-18)13(22-16(23)24-9-10)11-6-20-15(21-7-11)17(2,3)4/h6-7,10,19H,8-9H2,1-4H3. The van der Waals surface area contributed by atoms with Crippen LogP contribution in [0, 0.1) is 22.7 Å². The van der Waals surface area contributed by atoms with E-state index in [2.05, 4.69) is 48.7 Å². The lowest BCUT2D eigenvalue weighted by Crippen LogP contribution is -2.32. The Morgan fingerprint density at radius 1 is 1.33 bits per heavy atom. The molecule has 1 aliphatic heterocycles. The minimum absolute atomic E-state index is 0.137. The lowest BCUT2D eigenvalue weighted by Gasteiger charge is -2.24. The summed E-state index contributed by atoms with van der Waals surface area (Å²) in [4.78, 5) is 13.5. The van der Waals surface area contributed by atoms with Crippen molar-refractivity contribution in [2.24, 2.45) is 5.92 Å². The molecular formula is C17H20N6S. The van der Waals surface area contributed by atoms with Crippen LogP contribution in [0.25, 0.3) is 11.3 Å². The van der Waals surface area contributed by atoms with E-state index in [-0.39, 0.29) is 16.5 Å². The second-order valence-electron chi connectivity index (χ2n) is 7.15. The van der Waals surface area contributed by atoms with E-state index >= 15 is 0 Å². The molecule has 124 valence electrons. The average Bonchev–Trinajstić information content (AvgIpc) is 2.54. The van der Waals surface area contributed by atoms with Gasteiger partial charge in [0.1, 0.15) is 22.9 Å². The number of hydrogen-bond donors (Lipinski definition) is 1. The SMILES string of the molecule is CC1CSc2nc(-c3cnc(C(C)(C)C)nc3)c(C#N)c(=N)n2C1. The number of fused-ring (bicyclic) bond motifs is 1. The fourth-order valence-corrected chi connectivity index (χ4v) is 3.58. The summed E-state index contributed by atoms with van der Waals surface area (Å²) >= 11 is 1.63. The van der Waals surface area contributed by atoms with Gasteiger partial charge in [0.25, 0.3) is 0 Å². The molecular weight excluding hydrogens is 320 g/mol. The molecule has 3 heterocycles. The van der Waals surface area contributed by atoms with Crippen molar-refractivity contribution in [1.82, 2.24) is 19.5 Å². The van der Waals surface area contributed by atoms with Gasteiger partial charge in [0.05, 0.1) is 5.69 Å². The highest BCUT2D eigenvalue weighted by Crippen LogP contribution is 2.28. The number of nitrogens with one attached hydrogen (secondary N) is 1. The zero-order valence-electron chi connectivity index (χ0n) is 14.3. The molecule has 1 N–H and O–H groups in total. The minimum Gasteiger partial charge on any atom is -0.304 e. The van der Waals surface area contributed by atoms with E-state index in [1.165, 1.54) is 0 Å². The fraction of sp³-hybridized carbons (Fsp3) is 0.471. The molecule has 0 aliphatic carbocycles. The summed E-state index contributed by atoms with van der Waals surface area (Å²) in [7, 11) is 0. The molecule has 2 aromatic heterocycles. The molecule has 0 fully saturated rings.